The monoisotopic (exact) mass is 470 g/mol. The fraction of sp³-hybridized carbons (Fsp3) is 0.556. The minimum absolute atomic E-state index is 0.0372. The quantitative estimate of drug-likeness (QED) is 0.342. The first-order chi connectivity index (χ1) is 15.6. The molecule has 1 atom stereocenters. The van der Waals surface area contributed by atoms with Crippen LogP contribution in [0.1, 0.15) is 59.1 Å². The van der Waals surface area contributed by atoms with E-state index in [0.717, 1.165) is 17.4 Å². The number of allylic oxidation sites excluding steroid dienone is 2. The first kappa shape index (κ1) is 25.4. The molecule has 0 saturated carbocycles. The number of carbonyl (C=O) groups excluding carboxylic acids is 2. The molecule has 2 aliphatic rings. The van der Waals surface area contributed by atoms with E-state index in [4.69, 9.17) is 13.9 Å². The minimum atomic E-state index is -2.25. The van der Waals surface area contributed by atoms with Gasteiger partial charge < -0.3 is 18.7 Å². The SMILES string of the molecule is COc1ccc(CCC=O)c2c1OCC(O[Si](C(C)C)(C(C)C)C(C)C)C21C=CC(=O)C=C1. The van der Waals surface area contributed by atoms with Crippen LogP contribution in [0.4, 0.5) is 0 Å². The van der Waals surface area contributed by atoms with Gasteiger partial charge in [0.15, 0.2) is 17.3 Å². The summed E-state index contributed by atoms with van der Waals surface area (Å²) in [5.41, 5.74) is 2.53. The van der Waals surface area contributed by atoms with E-state index < -0.39 is 13.7 Å². The van der Waals surface area contributed by atoms with Crippen LogP contribution in [0.3, 0.4) is 0 Å². The minimum Gasteiger partial charge on any atom is -0.493 e. The number of aldehydes is 1. The van der Waals surface area contributed by atoms with Crippen molar-refractivity contribution >= 4 is 20.4 Å². The molecule has 1 aromatic rings. The van der Waals surface area contributed by atoms with E-state index in [0.29, 0.717) is 47.6 Å². The lowest BCUT2D eigenvalue weighted by atomic mass is 9.69. The van der Waals surface area contributed by atoms with Gasteiger partial charge in [-0.2, -0.15) is 0 Å². The van der Waals surface area contributed by atoms with E-state index in [-0.39, 0.29) is 11.9 Å². The van der Waals surface area contributed by atoms with Crippen molar-refractivity contribution in [1.29, 1.82) is 0 Å². The third kappa shape index (κ3) is 4.35. The molecule has 0 amide bonds. The molecule has 0 bridgehead atoms. The van der Waals surface area contributed by atoms with Gasteiger partial charge in [-0.15, -0.1) is 0 Å². The average Bonchev–Trinajstić information content (AvgIpc) is 2.77. The van der Waals surface area contributed by atoms with Crippen molar-refractivity contribution in [1.82, 2.24) is 0 Å². The van der Waals surface area contributed by atoms with Crippen LogP contribution in [-0.2, 0) is 25.9 Å². The van der Waals surface area contributed by atoms with Crippen molar-refractivity contribution in [2.75, 3.05) is 13.7 Å². The molecule has 0 fully saturated rings. The average molecular weight is 471 g/mol. The fourth-order valence-corrected chi connectivity index (χ4v) is 11.6. The number of hydrogen-bond acceptors (Lipinski definition) is 5. The number of aryl methyl sites for hydroxylation is 1. The van der Waals surface area contributed by atoms with Gasteiger partial charge in [0.2, 0.25) is 8.32 Å². The number of ether oxygens (including phenoxy) is 2. The third-order valence-electron chi connectivity index (χ3n) is 7.40. The first-order valence-electron chi connectivity index (χ1n) is 12.0. The lowest BCUT2D eigenvalue weighted by Gasteiger charge is -2.51. The number of ketones is 1. The van der Waals surface area contributed by atoms with Gasteiger partial charge in [-0.1, -0.05) is 59.8 Å². The van der Waals surface area contributed by atoms with E-state index in [9.17, 15) is 9.59 Å². The first-order valence-corrected chi connectivity index (χ1v) is 14.1. The third-order valence-corrected chi connectivity index (χ3v) is 13.5. The van der Waals surface area contributed by atoms with Gasteiger partial charge >= 0.3 is 0 Å². The maximum atomic E-state index is 12.2. The molecule has 1 aliphatic heterocycles. The van der Waals surface area contributed by atoms with Gasteiger partial charge in [0.25, 0.3) is 0 Å². The second-order valence-electron chi connectivity index (χ2n) is 10.1. The predicted molar refractivity (Wildman–Crippen MR) is 134 cm³/mol. The lowest BCUT2D eigenvalue weighted by Crippen LogP contribution is -2.57. The molecular formula is C27H38O5Si. The van der Waals surface area contributed by atoms with Gasteiger partial charge in [0, 0.05) is 12.0 Å². The molecule has 6 heteroatoms. The molecule has 3 rings (SSSR count). The zero-order valence-corrected chi connectivity index (χ0v) is 22.0. The molecular weight excluding hydrogens is 432 g/mol. The Morgan fingerprint density at radius 1 is 1.09 bits per heavy atom. The number of methoxy groups -OCH3 is 1. The van der Waals surface area contributed by atoms with Gasteiger partial charge in [-0.3, -0.25) is 4.79 Å². The maximum Gasteiger partial charge on any atom is 0.201 e. The Bertz CT molecular complexity index is 906. The molecule has 0 aromatic heterocycles. The number of rotatable bonds is 9. The van der Waals surface area contributed by atoms with Crippen LogP contribution in [0.25, 0.3) is 0 Å². The van der Waals surface area contributed by atoms with Crippen molar-refractivity contribution in [2.45, 2.75) is 82.5 Å². The Balaban J connectivity index is 2.24. The van der Waals surface area contributed by atoms with Crippen LogP contribution in [-0.4, -0.2) is 40.2 Å². The van der Waals surface area contributed by atoms with Crippen LogP contribution >= 0.6 is 0 Å². The second-order valence-corrected chi connectivity index (χ2v) is 15.5. The second kappa shape index (κ2) is 9.98. The standard InChI is InChI=1S/C27H38O5Si/c1-18(2)33(19(3)4,20(5)6)32-24-17-31-26-23(30-7)11-10-21(9-8-16-28)25(26)27(24)14-12-22(29)13-15-27/h10-16,18-20,24H,8-9,17H2,1-7H3. The molecule has 1 aliphatic carbocycles. The van der Waals surface area contributed by atoms with Crippen molar-refractivity contribution in [3.05, 3.63) is 47.6 Å². The van der Waals surface area contributed by atoms with Crippen molar-refractivity contribution in [2.24, 2.45) is 0 Å². The molecule has 5 nitrogen and oxygen atoms in total. The Hall–Kier alpha value is -2.18. The summed E-state index contributed by atoms with van der Waals surface area (Å²) in [6.45, 7) is 14.0. The van der Waals surface area contributed by atoms with Crippen LogP contribution < -0.4 is 9.47 Å². The molecule has 0 N–H and O–H groups in total. The summed E-state index contributed by atoms with van der Waals surface area (Å²) in [5.74, 6) is 1.29. The Labute approximate surface area is 199 Å². The van der Waals surface area contributed by atoms with Crippen molar-refractivity contribution in [3.8, 4) is 11.5 Å². The summed E-state index contributed by atoms with van der Waals surface area (Å²) >= 11 is 0. The maximum absolute atomic E-state index is 12.2. The Morgan fingerprint density at radius 3 is 2.21 bits per heavy atom. The molecule has 1 spiro atoms. The summed E-state index contributed by atoms with van der Waals surface area (Å²) in [6, 6.07) is 3.90. The van der Waals surface area contributed by atoms with Crippen LogP contribution in [0.2, 0.25) is 16.6 Å². The highest BCUT2D eigenvalue weighted by atomic mass is 28.4. The van der Waals surface area contributed by atoms with Crippen molar-refractivity contribution < 1.29 is 23.5 Å². The smallest absolute Gasteiger partial charge is 0.201 e. The summed E-state index contributed by atoms with van der Waals surface area (Å²) < 4.78 is 19.3. The molecule has 1 heterocycles. The number of carbonyl (C=O) groups is 2. The van der Waals surface area contributed by atoms with E-state index in [1.54, 1.807) is 19.3 Å². The van der Waals surface area contributed by atoms with E-state index >= 15 is 0 Å². The highest BCUT2D eigenvalue weighted by Gasteiger charge is 2.53. The lowest BCUT2D eigenvalue weighted by molar-refractivity contribution is -0.110. The van der Waals surface area contributed by atoms with Gasteiger partial charge in [-0.05, 0) is 46.8 Å². The molecule has 0 saturated heterocycles. The van der Waals surface area contributed by atoms with Gasteiger partial charge in [-0.25, -0.2) is 0 Å². The van der Waals surface area contributed by atoms with E-state index in [1.165, 1.54) is 0 Å². The topological polar surface area (TPSA) is 61.8 Å². The molecule has 33 heavy (non-hydrogen) atoms. The van der Waals surface area contributed by atoms with Gasteiger partial charge in [0.1, 0.15) is 12.9 Å². The zero-order valence-electron chi connectivity index (χ0n) is 21.0. The zero-order chi connectivity index (χ0) is 24.4. The summed E-state index contributed by atoms with van der Waals surface area (Å²) in [5, 5.41) is 0. The largest absolute Gasteiger partial charge is 0.493 e. The summed E-state index contributed by atoms with van der Waals surface area (Å²) in [7, 11) is -0.619. The van der Waals surface area contributed by atoms with Crippen LogP contribution in [0, 0.1) is 0 Å². The van der Waals surface area contributed by atoms with Gasteiger partial charge in [0.05, 0.1) is 18.6 Å². The summed E-state index contributed by atoms with van der Waals surface area (Å²) in [6.07, 6.45) is 8.88. The molecule has 1 aromatic carbocycles. The highest BCUT2D eigenvalue weighted by Crippen LogP contribution is 2.52. The molecule has 0 radical (unpaired) electrons. The number of fused-ring (bicyclic) bond motifs is 2. The summed E-state index contributed by atoms with van der Waals surface area (Å²) in [4.78, 5) is 23.4. The molecule has 180 valence electrons. The highest BCUT2D eigenvalue weighted by molar-refractivity contribution is 6.77. The number of benzene rings is 1. The normalized spacial score (nSPS) is 19.3. The van der Waals surface area contributed by atoms with E-state index in [1.807, 2.05) is 24.3 Å². The van der Waals surface area contributed by atoms with Crippen LogP contribution in [0.5, 0.6) is 11.5 Å². The number of hydrogen-bond donors (Lipinski definition) is 0. The predicted octanol–water partition coefficient (Wildman–Crippen LogP) is 5.71. The van der Waals surface area contributed by atoms with E-state index in [2.05, 4.69) is 41.5 Å². The fourth-order valence-electron chi connectivity index (χ4n) is 5.98. The van der Waals surface area contributed by atoms with Crippen molar-refractivity contribution in [3.63, 3.8) is 0 Å². The Morgan fingerprint density at radius 2 is 1.70 bits per heavy atom. The molecule has 1 unspecified atom stereocenters. The van der Waals surface area contributed by atoms with Crippen LogP contribution in [0.15, 0.2) is 36.4 Å². The Kier molecular flexibility index (Phi) is 7.69.